The summed E-state index contributed by atoms with van der Waals surface area (Å²) in [5, 5.41) is 3.23. The van der Waals surface area contributed by atoms with Gasteiger partial charge in [0.15, 0.2) is 0 Å². The van der Waals surface area contributed by atoms with Crippen molar-refractivity contribution in [3.8, 4) is 0 Å². The van der Waals surface area contributed by atoms with E-state index in [0.717, 1.165) is 5.69 Å². The lowest BCUT2D eigenvalue weighted by atomic mass is 10.0. The summed E-state index contributed by atoms with van der Waals surface area (Å²) >= 11 is 0. The Morgan fingerprint density at radius 1 is 1.17 bits per heavy atom. The second-order valence-corrected chi connectivity index (χ2v) is 5.77. The Balaban J connectivity index is 2.75. The standard InChI is InChI=1S/C15H23NO2/c1-11(2)13(14(17)18-15(3,4)5)16-12-9-7-6-8-10-12/h6-11,13,16H,1-5H3/t13-/m1/s1. The van der Waals surface area contributed by atoms with Crippen LogP contribution in [-0.4, -0.2) is 17.6 Å². The molecule has 0 aliphatic heterocycles. The molecule has 0 spiro atoms. The SMILES string of the molecule is CC(C)[C@@H](Nc1ccccc1)C(=O)OC(C)(C)C. The molecule has 0 unspecified atom stereocenters. The van der Waals surface area contributed by atoms with Gasteiger partial charge in [-0.1, -0.05) is 32.0 Å². The zero-order valence-electron chi connectivity index (χ0n) is 11.9. The Kier molecular flexibility index (Phi) is 4.76. The molecule has 0 aliphatic carbocycles. The number of ether oxygens (including phenoxy) is 1. The van der Waals surface area contributed by atoms with Gasteiger partial charge in [0.1, 0.15) is 11.6 Å². The van der Waals surface area contributed by atoms with Crippen LogP contribution in [0.3, 0.4) is 0 Å². The minimum Gasteiger partial charge on any atom is -0.458 e. The van der Waals surface area contributed by atoms with Crippen molar-refractivity contribution in [3.63, 3.8) is 0 Å². The van der Waals surface area contributed by atoms with E-state index < -0.39 is 5.60 Å². The van der Waals surface area contributed by atoms with Crippen molar-refractivity contribution in [3.05, 3.63) is 30.3 Å². The van der Waals surface area contributed by atoms with Gasteiger partial charge in [0.05, 0.1) is 0 Å². The van der Waals surface area contributed by atoms with E-state index in [1.54, 1.807) is 0 Å². The summed E-state index contributed by atoms with van der Waals surface area (Å²) in [7, 11) is 0. The molecular weight excluding hydrogens is 226 g/mol. The Labute approximate surface area is 110 Å². The second-order valence-electron chi connectivity index (χ2n) is 5.77. The number of hydrogen-bond acceptors (Lipinski definition) is 3. The first kappa shape index (κ1) is 14.6. The van der Waals surface area contributed by atoms with Gasteiger partial charge in [-0.15, -0.1) is 0 Å². The summed E-state index contributed by atoms with van der Waals surface area (Å²) in [5.74, 6) is -0.0404. The Hall–Kier alpha value is -1.51. The van der Waals surface area contributed by atoms with E-state index in [0.29, 0.717) is 0 Å². The van der Waals surface area contributed by atoms with Crippen LogP contribution < -0.4 is 5.32 Å². The highest BCUT2D eigenvalue weighted by molar-refractivity contribution is 5.80. The molecule has 1 aromatic carbocycles. The van der Waals surface area contributed by atoms with Gasteiger partial charge in [-0.25, -0.2) is 4.79 Å². The van der Waals surface area contributed by atoms with Crippen molar-refractivity contribution in [1.29, 1.82) is 0 Å². The van der Waals surface area contributed by atoms with Crippen LogP contribution in [0.2, 0.25) is 0 Å². The lowest BCUT2D eigenvalue weighted by Crippen LogP contribution is -2.39. The summed E-state index contributed by atoms with van der Waals surface area (Å²) in [6.07, 6.45) is 0. The molecule has 0 amide bonds. The molecule has 0 fully saturated rings. The molecule has 18 heavy (non-hydrogen) atoms. The monoisotopic (exact) mass is 249 g/mol. The van der Waals surface area contributed by atoms with Crippen LogP contribution in [0.1, 0.15) is 34.6 Å². The third kappa shape index (κ3) is 4.78. The van der Waals surface area contributed by atoms with E-state index in [9.17, 15) is 4.79 Å². The van der Waals surface area contributed by atoms with E-state index in [2.05, 4.69) is 5.32 Å². The molecule has 0 aliphatic rings. The molecule has 1 aromatic rings. The molecule has 100 valence electrons. The Bertz CT molecular complexity index is 379. The lowest BCUT2D eigenvalue weighted by Gasteiger charge is -2.27. The molecule has 0 saturated carbocycles. The number of anilines is 1. The van der Waals surface area contributed by atoms with E-state index >= 15 is 0 Å². The molecule has 3 heteroatoms. The maximum Gasteiger partial charge on any atom is 0.329 e. The molecule has 3 nitrogen and oxygen atoms in total. The van der Waals surface area contributed by atoms with Crippen molar-refractivity contribution in [1.82, 2.24) is 0 Å². The number of carbonyl (C=O) groups is 1. The number of para-hydroxylation sites is 1. The van der Waals surface area contributed by atoms with Gasteiger partial charge in [-0.05, 0) is 38.8 Å². The molecule has 0 aromatic heterocycles. The largest absolute Gasteiger partial charge is 0.458 e. The van der Waals surface area contributed by atoms with Crippen LogP contribution in [0.15, 0.2) is 30.3 Å². The number of carbonyl (C=O) groups excluding carboxylic acids is 1. The number of hydrogen-bond donors (Lipinski definition) is 1. The van der Waals surface area contributed by atoms with Gasteiger partial charge < -0.3 is 10.1 Å². The Morgan fingerprint density at radius 2 is 1.72 bits per heavy atom. The highest BCUT2D eigenvalue weighted by Crippen LogP contribution is 2.16. The van der Waals surface area contributed by atoms with Crippen LogP contribution >= 0.6 is 0 Å². The number of nitrogens with one attached hydrogen (secondary N) is 1. The Morgan fingerprint density at radius 3 is 2.17 bits per heavy atom. The second kappa shape index (κ2) is 5.89. The summed E-state index contributed by atoms with van der Waals surface area (Å²) in [6.45, 7) is 9.65. The van der Waals surface area contributed by atoms with Crippen molar-refractivity contribution >= 4 is 11.7 Å². The molecule has 1 rings (SSSR count). The number of rotatable bonds is 4. The fourth-order valence-electron chi connectivity index (χ4n) is 1.58. The fourth-order valence-corrected chi connectivity index (χ4v) is 1.58. The molecule has 1 atom stereocenters. The first-order valence-electron chi connectivity index (χ1n) is 6.34. The van der Waals surface area contributed by atoms with Gasteiger partial charge in [0, 0.05) is 5.69 Å². The van der Waals surface area contributed by atoms with Gasteiger partial charge in [-0.3, -0.25) is 0 Å². The smallest absolute Gasteiger partial charge is 0.329 e. The minimum absolute atomic E-state index is 0.167. The van der Waals surface area contributed by atoms with Crippen LogP contribution in [0, 0.1) is 5.92 Å². The maximum absolute atomic E-state index is 12.1. The van der Waals surface area contributed by atoms with E-state index in [-0.39, 0.29) is 17.9 Å². The third-order valence-electron chi connectivity index (χ3n) is 2.42. The molecule has 0 bridgehead atoms. The molecule has 0 heterocycles. The molecule has 1 N–H and O–H groups in total. The van der Waals surface area contributed by atoms with E-state index in [1.807, 2.05) is 65.0 Å². The third-order valence-corrected chi connectivity index (χ3v) is 2.42. The van der Waals surface area contributed by atoms with E-state index in [4.69, 9.17) is 4.74 Å². The predicted molar refractivity (Wildman–Crippen MR) is 74.5 cm³/mol. The zero-order chi connectivity index (χ0) is 13.8. The zero-order valence-corrected chi connectivity index (χ0v) is 11.9. The number of benzene rings is 1. The lowest BCUT2D eigenvalue weighted by molar-refractivity contribution is -0.156. The highest BCUT2D eigenvalue weighted by Gasteiger charge is 2.27. The normalized spacial score (nSPS) is 13.2. The van der Waals surface area contributed by atoms with Crippen LogP contribution in [-0.2, 0) is 9.53 Å². The summed E-state index contributed by atoms with van der Waals surface area (Å²) in [6, 6.07) is 9.39. The first-order chi connectivity index (χ1) is 8.29. The van der Waals surface area contributed by atoms with Gasteiger partial charge >= 0.3 is 5.97 Å². The van der Waals surface area contributed by atoms with Gasteiger partial charge in [-0.2, -0.15) is 0 Å². The van der Waals surface area contributed by atoms with Crippen LogP contribution in [0.4, 0.5) is 5.69 Å². The van der Waals surface area contributed by atoms with Crippen molar-refractivity contribution in [2.45, 2.75) is 46.3 Å². The average molecular weight is 249 g/mol. The maximum atomic E-state index is 12.1. The predicted octanol–water partition coefficient (Wildman–Crippen LogP) is 3.46. The van der Waals surface area contributed by atoms with Gasteiger partial charge in [0.2, 0.25) is 0 Å². The van der Waals surface area contributed by atoms with Crippen molar-refractivity contribution in [2.24, 2.45) is 5.92 Å². The van der Waals surface area contributed by atoms with E-state index in [1.165, 1.54) is 0 Å². The first-order valence-corrected chi connectivity index (χ1v) is 6.34. The van der Waals surface area contributed by atoms with Crippen LogP contribution in [0.5, 0.6) is 0 Å². The quantitative estimate of drug-likeness (QED) is 0.830. The molecule has 0 radical (unpaired) electrons. The summed E-state index contributed by atoms with van der Waals surface area (Å²) < 4.78 is 5.43. The van der Waals surface area contributed by atoms with Gasteiger partial charge in [0.25, 0.3) is 0 Å². The highest BCUT2D eigenvalue weighted by atomic mass is 16.6. The summed E-state index contributed by atoms with van der Waals surface area (Å²) in [4.78, 5) is 12.1. The molecular formula is C15H23NO2. The average Bonchev–Trinajstić information content (AvgIpc) is 2.24. The molecule has 0 saturated heterocycles. The van der Waals surface area contributed by atoms with Crippen molar-refractivity contribution in [2.75, 3.05) is 5.32 Å². The summed E-state index contributed by atoms with van der Waals surface area (Å²) in [5.41, 5.74) is 0.477. The fraction of sp³-hybridized carbons (Fsp3) is 0.533. The number of esters is 1. The topological polar surface area (TPSA) is 38.3 Å². The van der Waals surface area contributed by atoms with Crippen LogP contribution in [0.25, 0.3) is 0 Å². The minimum atomic E-state index is -0.456. The van der Waals surface area contributed by atoms with Crippen molar-refractivity contribution < 1.29 is 9.53 Å².